The van der Waals surface area contributed by atoms with E-state index < -0.39 is 6.10 Å². The van der Waals surface area contributed by atoms with Gasteiger partial charge in [0.05, 0.1) is 0 Å². The van der Waals surface area contributed by atoms with Crippen LogP contribution in [0.25, 0.3) is 10.8 Å². The van der Waals surface area contributed by atoms with Crippen LogP contribution in [0, 0.1) is 0 Å². The van der Waals surface area contributed by atoms with E-state index >= 15 is 0 Å². The van der Waals surface area contributed by atoms with Gasteiger partial charge in [0.1, 0.15) is 6.10 Å². The molecule has 3 rings (SSSR count). The summed E-state index contributed by atoms with van der Waals surface area (Å²) in [6.45, 7) is 6.57. The van der Waals surface area contributed by atoms with Crippen molar-refractivity contribution in [2.45, 2.75) is 32.3 Å². The van der Waals surface area contributed by atoms with Crippen molar-refractivity contribution in [3.05, 3.63) is 64.1 Å². The molecule has 0 saturated heterocycles. The number of pyridine rings is 1. The maximum Gasteiger partial charge on any atom is 0.114 e. The van der Waals surface area contributed by atoms with Gasteiger partial charge in [-0.15, -0.1) is 11.3 Å². The molecule has 0 aliphatic carbocycles. The average molecular weight is 297 g/mol. The third-order valence-corrected chi connectivity index (χ3v) is 5.21. The van der Waals surface area contributed by atoms with Gasteiger partial charge in [-0.2, -0.15) is 0 Å². The highest BCUT2D eigenvalue weighted by molar-refractivity contribution is 7.12. The van der Waals surface area contributed by atoms with E-state index in [2.05, 4.69) is 31.8 Å². The molecule has 1 atom stereocenters. The van der Waals surface area contributed by atoms with Crippen molar-refractivity contribution in [1.29, 1.82) is 0 Å². The number of aromatic nitrogens is 1. The van der Waals surface area contributed by atoms with Crippen LogP contribution in [0.5, 0.6) is 0 Å². The lowest BCUT2D eigenvalue weighted by Gasteiger charge is -2.16. The largest absolute Gasteiger partial charge is 0.383 e. The number of aliphatic hydroxyl groups is 1. The van der Waals surface area contributed by atoms with Crippen LogP contribution in [0.1, 0.15) is 42.2 Å². The maximum absolute atomic E-state index is 10.8. The fourth-order valence-corrected chi connectivity index (χ4v) is 3.50. The van der Waals surface area contributed by atoms with Crippen molar-refractivity contribution < 1.29 is 5.11 Å². The Balaban J connectivity index is 2.05. The van der Waals surface area contributed by atoms with Gasteiger partial charge in [0.2, 0.25) is 0 Å². The Bertz CT molecular complexity index is 765. The van der Waals surface area contributed by atoms with E-state index in [9.17, 15) is 5.11 Å². The predicted molar refractivity (Wildman–Crippen MR) is 88.8 cm³/mol. The van der Waals surface area contributed by atoms with Gasteiger partial charge >= 0.3 is 0 Å². The molecule has 108 valence electrons. The molecule has 0 aliphatic rings. The molecule has 0 bridgehead atoms. The Morgan fingerprint density at radius 3 is 2.62 bits per heavy atom. The van der Waals surface area contributed by atoms with Gasteiger partial charge < -0.3 is 5.11 Å². The van der Waals surface area contributed by atoms with Crippen molar-refractivity contribution >= 4 is 22.1 Å². The zero-order valence-corrected chi connectivity index (χ0v) is 13.3. The molecule has 2 nitrogen and oxygen atoms in total. The Morgan fingerprint density at radius 1 is 1.10 bits per heavy atom. The number of aliphatic hydroxyl groups excluding tert-OH is 1. The molecule has 2 heterocycles. The first-order valence-corrected chi connectivity index (χ1v) is 7.89. The smallest absolute Gasteiger partial charge is 0.114 e. The van der Waals surface area contributed by atoms with Gasteiger partial charge in [-0.25, -0.2) is 0 Å². The third kappa shape index (κ3) is 2.71. The van der Waals surface area contributed by atoms with Crippen molar-refractivity contribution in [2.24, 2.45) is 0 Å². The van der Waals surface area contributed by atoms with E-state index in [0.29, 0.717) is 0 Å². The molecule has 0 radical (unpaired) electrons. The number of fused-ring (bicyclic) bond motifs is 1. The topological polar surface area (TPSA) is 33.1 Å². The normalized spacial score (nSPS) is 13.5. The minimum atomic E-state index is -0.598. The lowest BCUT2D eigenvalue weighted by Crippen LogP contribution is -2.07. The molecule has 2 aromatic heterocycles. The number of nitrogens with zero attached hydrogens (tertiary/aromatic N) is 1. The standard InChI is InChI=1S/C18H19NOS/c1-18(2,3)16-8-7-15(21-16)17(20)13-6-4-5-12-9-10-19-11-14(12)13/h4-11,17,20H,1-3H3. The Kier molecular flexibility index (Phi) is 3.56. The fourth-order valence-electron chi connectivity index (χ4n) is 2.43. The minimum Gasteiger partial charge on any atom is -0.383 e. The third-order valence-electron chi connectivity index (χ3n) is 3.65. The van der Waals surface area contributed by atoms with Gasteiger partial charge in [0.15, 0.2) is 0 Å². The highest BCUT2D eigenvalue weighted by Crippen LogP contribution is 2.36. The van der Waals surface area contributed by atoms with Gasteiger partial charge in [-0.1, -0.05) is 39.0 Å². The highest BCUT2D eigenvalue weighted by atomic mass is 32.1. The predicted octanol–water partition coefficient (Wildman–Crippen LogP) is 4.68. The van der Waals surface area contributed by atoms with Crippen LogP contribution in [-0.4, -0.2) is 10.1 Å². The lowest BCUT2D eigenvalue weighted by molar-refractivity contribution is 0.225. The molecular formula is C18H19NOS. The van der Waals surface area contributed by atoms with Crippen molar-refractivity contribution in [3.63, 3.8) is 0 Å². The zero-order valence-electron chi connectivity index (χ0n) is 12.5. The Labute approximate surface area is 129 Å². The molecule has 1 N–H and O–H groups in total. The van der Waals surface area contributed by atoms with E-state index in [0.717, 1.165) is 21.2 Å². The summed E-state index contributed by atoms with van der Waals surface area (Å²) in [5.74, 6) is 0. The monoisotopic (exact) mass is 297 g/mol. The first-order chi connectivity index (χ1) is 9.97. The molecule has 0 saturated carbocycles. The lowest BCUT2D eigenvalue weighted by atomic mass is 9.95. The summed E-state index contributed by atoms with van der Waals surface area (Å²) in [4.78, 5) is 6.46. The maximum atomic E-state index is 10.8. The SMILES string of the molecule is CC(C)(C)c1ccc(C(O)c2cccc3ccncc23)s1. The average Bonchev–Trinajstić information content (AvgIpc) is 2.96. The molecule has 0 fully saturated rings. The molecule has 0 aliphatic heterocycles. The molecule has 3 aromatic rings. The van der Waals surface area contributed by atoms with Crippen LogP contribution >= 0.6 is 11.3 Å². The Hall–Kier alpha value is -1.71. The molecule has 0 spiro atoms. The minimum absolute atomic E-state index is 0.114. The van der Waals surface area contributed by atoms with Gasteiger partial charge in [-0.05, 0) is 34.6 Å². The van der Waals surface area contributed by atoms with Crippen molar-refractivity contribution in [2.75, 3.05) is 0 Å². The van der Waals surface area contributed by atoms with E-state index in [1.54, 1.807) is 17.5 Å². The molecule has 0 amide bonds. The van der Waals surface area contributed by atoms with E-state index in [1.807, 2.05) is 36.5 Å². The zero-order chi connectivity index (χ0) is 15.0. The number of thiophene rings is 1. The summed E-state index contributed by atoms with van der Waals surface area (Å²) in [5.41, 5.74) is 1.03. The summed E-state index contributed by atoms with van der Waals surface area (Å²) in [5, 5.41) is 12.9. The van der Waals surface area contributed by atoms with E-state index in [1.165, 1.54) is 4.88 Å². The van der Waals surface area contributed by atoms with Gasteiger partial charge in [0.25, 0.3) is 0 Å². The summed E-state index contributed by atoms with van der Waals surface area (Å²) in [6.07, 6.45) is 3.01. The van der Waals surface area contributed by atoms with Gasteiger partial charge in [0, 0.05) is 27.5 Å². The summed E-state index contributed by atoms with van der Waals surface area (Å²) < 4.78 is 0. The molecule has 1 aromatic carbocycles. The second kappa shape index (κ2) is 5.24. The van der Waals surface area contributed by atoms with Crippen molar-refractivity contribution in [3.8, 4) is 0 Å². The number of hydrogen-bond donors (Lipinski definition) is 1. The van der Waals surface area contributed by atoms with Crippen molar-refractivity contribution in [1.82, 2.24) is 4.98 Å². The summed E-state index contributed by atoms with van der Waals surface area (Å²) in [6, 6.07) is 12.1. The summed E-state index contributed by atoms with van der Waals surface area (Å²) in [7, 11) is 0. The number of rotatable bonds is 2. The van der Waals surface area contributed by atoms with E-state index in [-0.39, 0.29) is 5.41 Å². The number of benzene rings is 1. The number of hydrogen-bond acceptors (Lipinski definition) is 3. The first kappa shape index (κ1) is 14.2. The van der Waals surface area contributed by atoms with Crippen LogP contribution in [0.15, 0.2) is 48.8 Å². The second-order valence-electron chi connectivity index (χ2n) is 6.30. The first-order valence-electron chi connectivity index (χ1n) is 7.08. The van der Waals surface area contributed by atoms with Crippen LogP contribution in [0.2, 0.25) is 0 Å². The quantitative estimate of drug-likeness (QED) is 0.745. The van der Waals surface area contributed by atoms with Crippen LogP contribution in [-0.2, 0) is 5.41 Å². The van der Waals surface area contributed by atoms with E-state index in [4.69, 9.17) is 0 Å². The van der Waals surface area contributed by atoms with Gasteiger partial charge in [-0.3, -0.25) is 4.98 Å². The van der Waals surface area contributed by atoms with Crippen LogP contribution < -0.4 is 0 Å². The molecule has 21 heavy (non-hydrogen) atoms. The highest BCUT2D eigenvalue weighted by Gasteiger charge is 2.20. The fraction of sp³-hybridized carbons (Fsp3) is 0.278. The Morgan fingerprint density at radius 2 is 1.90 bits per heavy atom. The summed E-state index contributed by atoms with van der Waals surface area (Å²) >= 11 is 1.68. The van der Waals surface area contributed by atoms with Crippen LogP contribution in [0.3, 0.4) is 0 Å². The van der Waals surface area contributed by atoms with Crippen LogP contribution in [0.4, 0.5) is 0 Å². The molecule has 1 unspecified atom stereocenters. The second-order valence-corrected chi connectivity index (χ2v) is 7.41. The molecule has 3 heteroatoms. The molecular weight excluding hydrogens is 278 g/mol.